The topological polar surface area (TPSA) is 38.8 Å². The summed E-state index contributed by atoms with van der Waals surface area (Å²) in [4.78, 5) is 16.6. The first kappa shape index (κ1) is 15.4. The molecule has 0 aliphatic heterocycles. The van der Waals surface area contributed by atoms with Crippen LogP contribution in [-0.4, -0.2) is 37.7 Å². The van der Waals surface area contributed by atoms with Crippen LogP contribution in [0, 0.1) is 6.92 Å². The maximum Gasteiger partial charge on any atom is 0.278 e. The van der Waals surface area contributed by atoms with E-state index in [4.69, 9.17) is 9.57 Å². The van der Waals surface area contributed by atoms with Crippen LogP contribution in [0.25, 0.3) is 0 Å². The Hall–Kier alpha value is -1.69. The monoisotopic (exact) mass is 273 g/mol. The molecule has 106 valence electrons. The first-order valence-electron chi connectivity index (χ1n) is 5.68. The molecule has 1 rings (SSSR count). The molecule has 0 heterocycles. The average Bonchev–Trinajstić information content (AvgIpc) is 2.34. The molecule has 1 amide bonds. The number of nitrogens with zero attached hydrogens (tertiary/aromatic N) is 1. The molecule has 0 saturated heterocycles. The van der Waals surface area contributed by atoms with Gasteiger partial charge in [0.25, 0.3) is 11.8 Å². The van der Waals surface area contributed by atoms with Gasteiger partial charge in [-0.05, 0) is 30.7 Å². The molecule has 19 heavy (non-hydrogen) atoms. The predicted molar refractivity (Wildman–Crippen MR) is 66.4 cm³/mol. The third kappa shape index (κ3) is 4.48. The fourth-order valence-electron chi connectivity index (χ4n) is 1.41. The van der Waals surface area contributed by atoms with Crippen molar-refractivity contribution >= 4 is 5.91 Å². The smallest absolute Gasteiger partial charge is 0.278 e. The lowest BCUT2D eigenvalue weighted by atomic mass is 10.1. The minimum Gasteiger partial charge on any atom is -0.487 e. The molecule has 4 nitrogen and oxygen atoms in total. The van der Waals surface area contributed by atoms with Crippen molar-refractivity contribution in [1.29, 1.82) is 0 Å². The highest BCUT2D eigenvalue weighted by Crippen LogP contribution is 2.22. The predicted octanol–water partition coefficient (Wildman–Crippen LogP) is 2.66. The van der Waals surface area contributed by atoms with Crippen molar-refractivity contribution in [3.63, 3.8) is 0 Å². The summed E-state index contributed by atoms with van der Waals surface area (Å²) in [5, 5.41) is 1.08. The lowest BCUT2D eigenvalue weighted by Gasteiger charge is -2.16. The summed E-state index contributed by atoms with van der Waals surface area (Å²) in [6.45, 7) is 1.78. The lowest BCUT2D eigenvalue weighted by molar-refractivity contribution is -0.0757. The van der Waals surface area contributed by atoms with Crippen molar-refractivity contribution in [3.05, 3.63) is 29.3 Å². The fraction of sp³-hybridized carbons (Fsp3) is 0.462. The van der Waals surface area contributed by atoms with Crippen molar-refractivity contribution in [2.75, 3.05) is 20.8 Å². The van der Waals surface area contributed by atoms with Gasteiger partial charge in [-0.3, -0.25) is 9.63 Å². The molecule has 0 aromatic heterocycles. The van der Waals surface area contributed by atoms with Crippen LogP contribution in [0.15, 0.2) is 18.2 Å². The summed E-state index contributed by atoms with van der Waals surface area (Å²) in [5.74, 6) is -2.88. The lowest BCUT2D eigenvalue weighted by Crippen LogP contribution is -2.25. The van der Waals surface area contributed by atoms with E-state index in [1.807, 2.05) is 0 Å². The van der Waals surface area contributed by atoms with E-state index in [0.717, 1.165) is 12.0 Å². The van der Waals surface area contributed by atoms with Crippen molar-refractivity contribution in [1.82, 2.24) is 5.06 Å². The molecule has 0 spiro atoms. The number of hydroxylamine groups is 2. The number of hydrogen-bond acceptors (Lipinski definition) is 3. The van der Waals surface area contributed by atoms with Crippen LogP contribution in [0.4, 0.5) is 8.78 Å². The minimum absolute atomic E-state index is 0.321. The van der Waals surface area contributed by atoms with Crippen LogP contribution in [0.2, 0.25) is 0 Å². The van der Waals surface area contributed by atoms with Crippen LogP contribution < -0.4 is 4.74 Å². The molecule has 1 aromatic carbocycles. The van der Waals surface area contributed by atoms with Gasteiger partial charge in [-0.2, -0.15) is 0 Å². The van der Waals surface area contributed by atoms with Gasteiger partial charge >= 0.3 is 0 Å². The highest BCUT2D eigenvalue weighted by molar-refractivity contribution is 5.93. The van der Waals surface area contributed by atoms with Gasteiger partial charge in [-0.25, -0.2) is 13.8 Å². The first-order chi connectivity index (χ1) is 8.74. The zero-order chi connectivity index (χ0) is 14.6. The van der Waals surface area contributed by atoms with Crippen molar-refractivity contribution in [2.45, 2.75) is 19.8 Å². The Balaban J connectivity index is 2.83. The van der Waals surface area contributed by atoms with E-state index in [-0.39, 0.29) is 5.91 Å². The zero-order valence-corrected chi connectivity index (χ0v) is 11.4. The molecule has 0 fully saturated rings. The molecule has 0 aliphatic rings. The van der Waals surface area contributed by atoms with Crippen molar-refractivity contribution < 1.29 is 23.1 Å². The van der Waals surface area contributed by atoms with Crippen LogP contribution in [-0.2, 0) is 4.84 Å². The Morgan fingerprint density at radius 1 is 1.42 bits per heavy atom. The maximum absolute atomic E-state index is 12.7. The Kier molecular flexibility index (Phi) is 4.83. The summed E-state index contributed by atoms with van der Waals surface area (Å²) in [6.07, 6.45) is 0. The molecule has 0 bridgehead atoms. The minimum atomic E-state index is -2.89. The van der Waals surface area contributed by atoms with Gasteiger partial charge in [-0.15, -0.1) is 0 Å². The summed E-state index contributed by atoms with van der Waals surface area (Å²) >= 11 is 0. The van der Waals surface area contributed by atoms with E-state index in [1.54, 1.807) is 13.0 Å². The second-order valence-corrected chi connectivity index (χ2v) is 4.32. The number of carbonyl (C=O) groups excluding carboxylic acids is 1. The summed E-state index contributed by atoms with van der Waals surface area (Å²) < 4.78 is 30.4. The quantitative estimate of drug-likeness (QED) is 0.774. The van der Waals surface area contributed by atoms with Crippen LogP contribution >= 0.6 is 0 Å². The molecule has 0 atom stereocenters. The number of carbonyl (C=O) groups is 1. The van der Waals surface area contributed by atoms with Gasteiger partial charge in [0, 0.05) is 19.5 Å². The number of alkyl halides is 2. The molecule has 0 aliphatic carbocycles. The third-order valence-corrected chi connectivity index (χ3v) is 2.46. The fourth-order valence-corrected chi connectivity index (χ4v) is 1.41. The summed E-state index contributed by atoms with van der Waals surface area (Å²) in [5.41, 5.74) is 1.01. The number of rotatable bonds is 5. The zero-order valence-electron chi connectivity index (χ0n) is 11.4. The number of ether oxygens (including phenoxy) is 1. The van der Waals surface area contributed by atoms with Crippen molar-refractivity contribution in [2.24, 2.45) is 0 Å². The highest BCUT2D eigenvalue weighted by atomic mass is 19.3. The Bertz CT molecular complexity index is 458. The number of hydrogen-bond donors (Lipinski definition) is 0. The van der Waals surface area contributed by atoms with Crippen LogP contribution in [0.1, 0.15) is 22.8 Å². The van der Waals surface area contributed by atoms with E-state index in [1.165, 1.54) is 26.3 Å². The third-order valence-electron chi connectivity index (χ3n) is 2.46. The van der Waals surface area contributed by atoms with E-state index < -0.39 is 12.5 Å². The molecular weight excluding hydrogens is 256 g/mol. The number of amides is 1. The second-order valence-electron chi connectivity index (χ2n) is 4.32. The first-order valence-corrected chi connectivity index (χ1v) is 5.68. The SMILES string of the molecule is CON(C)C(=O)c1ccc(OCC(C)(F)F)c(C)c1. The van der Waals surface area contributed by atoms with Gasteiger partial charge in [0.05, 0.1) is 7.11 Å². The molecular formula is C13H17F2NO3. The number of halogens is 2. The van der Waals surface area contributed by atoms with Crippen LogP contribution in [0.3, 0.4) is 0 Å². The summed E-state index contributed by atoms with van der Waals surface area (Å²) in [6, 6.07) is 4.58. The molecule has 1 aromatic rings. The van der Waals surface area contributed by atoms with Gasteiger partial charge in [0.1, 0.15) is 5.75 Å². The maximum atomic E-state index is 12.7. The Morgan fingerprint density at radius 3 is 2.53 bits per heavy atom. The van der Waals surface area contributed by atoms with E-state index in [0.29, 0.717) is 16.9 Å². The molecule has 0 N–H and O–H groups in total. The van der Waals surface area contributed by atoms with Gasteiger partial charge in [0.15, 0.2) is 6.61 Å². The second kappa shape index (κ2) is 5.97. The van der Waals surface area contributed by atoms with Crippen LogP contribution in [0.5, 0.6) is 5.75 Å². The average molecular weight is 273 g/mol. The van der Waals surface area contributed by atoms with E-state index in [2.05, 4.69) is 0 Å². The Morgan fingerprint density at radius 2 is 2.05 bits per heavy atom. The molecule has 0 radical (unpaired) electrons. The highest BCUT2D eigenvalue weighted by Gasteiger charge is 2.22. The normalized spacial score (nSPS) is 11.3. The van der Waals surface area contributed by atoms with E-state index in [9.17, 15) is 13.6 Å². The Labute approximate surface area is 110 Å². The summed E-state index contributed by atoms with van der Waals surface area (Å²) in [7, 11) is 2.87. The van der Waals surface area contributed by atoms with Crippen molar-refractivity contribution in [3.8, 4) is 5.75 Å². The molecule has 6 heteroatoms. The van der Waals surface area contributed by atoms with E-state index >= 15 is 0 Å². The molecule has 0 unspecified atom stereocenters. The standard InChI is InChI=1S/C13H17F2NO3/c1-9-7-10(12(17)16(3)18-4)5-6-11(9)19-8-13(2,14)15/h5-7H,8H2,1-4H3. The van der Waals surface area contributed by atoms with Gasteiger partial charge in [-0.1, -0.05) is 0 Å². The van der Waals surface area contributed by atoms with Gasteiger partial charge < -0.3 is 4.74 Å². The number of benzene rings is 1. The number of aryl methyl sites for hydroxylation is 1. The molecule has 0 saturated carbocycles. The largest absolute Gasteiger partial charge is 0.487 e. The van der Waals surface area contributed by atoms with Gasteiger partial charge in [0.2, 0.25) is 0 Å².